The standard InChI is InChI=1S/C14H13NO4/c1-18-12-6-4-9(7-13(12)19-2)11-5-3-10(8-15-11)14(16)17/h3-8H,1-2H3,(H,16,17). The first-order chi connectivity index (χ1) is 9.15. The molecule has 5 nitrogen and oxygen atoms in total. The van der Waals surface area contributed by atoms with Crippen molar-refractivity contribution in [3.8, 4) is 22.8 Å². The molecule has 0 aliphatic rings. The van der Waals surface area contributed by atoms with Gasteiger partial charge in [0, 0.05) is 11.8 Å². The molecule has 0 aliphatic carbocycles. The van der Waals surface area contributed by atoms with E-state index in [1.54, 1.807) is 32.4 Å². The molecule has 1 aromatic heterocycles. The summed E-state index contributed by atoms with van der Waals surface area (Å²) in [6.07, 6.45) is 1.33. The molecule has 0 amide bonds. The first-order valence-electron chi connectivity index (χ1n) is 5.57. The van der Waals surface area contributed by atoms with E-state index in [1.165, 1.54) is 12.3 Å². The summed E-state index contributed by atoms with van der Waals surface area (Å²) in [5.41, 5.74) is 1.66. The number of hydrogen-bond acceptors (Lipinski definition) is 4. The molecule has 0 atom stereocenters. The number of benzene rings is 1. The van der Waals surface area contributed by atoms with Gasteiger partial charge >= 0.3 is 5.97 Å². The Bertz CT molecular complexity index is 593. The second-order valence-electron chi connectivity index (χ2n) is 3.81. The molecule has 2 aromatic rings. The topological polar surface area (TPSA) is 68.7 Å². The minimum absolute atomic E-state index is 0.157. The smallest absolute Gasteiger partial charge is 0.337 e. The van der Waals surface area contributed by atoms with Crippen LogP contribution in [0.3, 0.4) is 0 Å². The highest BCUT2D eigenvalue weighted by molar-refractivity contribution is 5.87. The molecule has 0 saturated heterocycles. The number of nitrogens with zero attached hydrogens (tertiary/aromatic N) is 1. The van der Waals surface area contributed by atoms with Crippen LogP contribution >= 0.6 is 0 Å². The Kier molecular flexibility index (Phi) is 3.66. The monoisotopic (exact) mass is 259 g/mol. The Morgan fingerprint density at radius 3 is 2.37 bits per heavy atom. The predicted molar refractivity (Wildman–Crippen MR) is 69.7 cm³/mol. The van der Waals surface area contributed by atoms with Gasteiger partial charge in [-0.15, -0.1) is 0 Å². The molecule has 1 aromatic carbocycles. The van der Waals surface area contributed by atoms with E-state index in [2.05, 4.69) is 4.98 Å². The molecule has 2 rings (SSSR count). The Labute approximate surface area is 110 Å². The van der Waals surface area contributed by atoms with Crippen molar-refractivity contribution in [1.82, 2.24) is 4.98 Å². The minimum Gasteiger partial charge on any atom is -0.493 e. The van der Waals surface area contributed by atoms with Crippen LogP contribution < -0.4 is 9.47 Å². The molecular formula is C14H13NO4. The summed E-state index contributed by atoms with van der Waals surface area (Å²) in [4.78, 5) is 14.9. The number of carboxylic acids is 1. The van der Waals surface area contributed by atoms with Crippen LogP contribution in [-0.2, 0) is 0 Å². The zero-order valence-electron chi connectivity index (χ0n) is 10.6. The van der Waals surface area contributed by atoms with Crippen molar-refractivity contribution in [1.29, 1.82) is 0 Å². The number of rotatable bonds is 4. The third-order valence-electron chi connectivity index (χ3n) is 2.69. The molecule has 0 bridgehead atoms. The normalized spacial score (nSPS) is 10.0. The van der Waals surface area contributed by atoms with Crippen LogP contribution in [0.4, 0.5) is 0 Å². The van der Waals surface area contributed by atoms with Crippen LogP contribution in [-0.4, -0.2) is 30.3 Å². The van der Waals surface area contributed by atoms with Gasteiger partial charge in [0.1, 0.15) is 0 Å². The van der Waals surface area contributed by atoms with Gasteiger partial charge in [0.15, 0.2) is 11.5 Å². The van der Waals surface area contributed by atoms with Crippen molar-refractivity contribution in [2.24, 2.45) is 0 Å². The van der Waals surface area contributed by atoms with Crippen molar-refractivity contribution in [2.45, 2.75) is 0 Å². The summed E-state index contributed by atoms with van der Waals surface area (Å²) in [5.74, 6) is 0.240. The third-order valence-corrected chi connectivity index (χ3v) is 2.69. The Hall–Kier alpha value is -2.56. The Morgan fingerprint density at radius 1 is 1.11 bits per heavy atom. The van der Waals surface area contributed by atoms with Gasteiger partial charge < -0.3 is 14.6 Å². The Balaban J connectivity index is 2.38. The molecule has 19 heavy (non-hydrogen) atoms. The van der Waals surface area contributed by atoms with Crippen LogP contribution in [0.2, 0.25) is 0 Å². The summed E-state index contributed by atoms with van der Waals surface area (Å²) < 4.78 is 10.4. The molecule has 0 unspecified atom stereocenters. The van der Waals surface area contributed by atoms with Gasteiger partial charge in [-0.05, 0) is 30.3 Å². The van der Waals surface area contributed by atoms with Gasteiger partial charge in [-0.3, -0.25) is 4.98 Å². The summed E-state index contributed by atoms with van der Waals surface area (Å²) in [6.45, 7) is 0. The highest BCUT2D eigenvalue weighted by atomic mass is 16.5. The summed E-state index contributed by atoms with van der Waals surface area (Å²) in [7, 11) is 3.13. The largest absolute Gasteiger partial charge is 0.493 e. The SMILES string of the molecule is COc1ccc(-c2ccc(C(=O)O)cn2)cc1OC. The van der Waals surface area contributed by atoms with Gasteiger partial charge in [-0.2, -0.15) is 0 Å². The zero-order chi connectivity index (χ0) is 13.8. The molecule has 98 valence electrons. The molecule has 1 heterocycles. The predicted octanol–water partition coefficient (Wildman–Crippen LogP) is 2.46. The van der Waals surface area contributed by atoms with Crippen molar-refractivity contribution in [3.63, 3.8) is 0 Å². The van der Waals surface area contributed by atoms with Crippen LogP contribution in [0.15, 0.2) is 36.5 Å². The van der Waals surface area contributed by atoms with Crippen molar-refractivity contribution in [2.75, 3.05) is 14.2 Å². The molecule has 5 heteroatoms. The maximum Gasteiger partial charge on any atom is 0.337 e. The molecule has 0 saturated carbocycles. The van der Waals surface area contributed by atoms with Crippen LogP contribution in [0.1, 0.15) is 10.4 Å². The molecule has 1 N–H and O–H groups in total. The van der Waals surface area contributed by atoms with Crippen LogP contribution in [0.25, 0.3) is 11.3 Å². The maximum atomic E-state index is 10.8. The highest BCUT2D eigenvalue weighted by Crippen LogP contribution is 2.31. The lowest BCUT2D eigenvalue weighted by atomic mass is 10.1. The van der Waals surface area contributed by atoms with Crippen molar-refractivity contribution >= 4 is 5.97 Å². The summed E-state index contributed by atoms with van der Waals surface area (Å²) in [5, 5.41) is 8.82. The molecule has 0 fully saturated rings. The van der Waals surface area contributed by atoms with Crippen LogP contribution in [0.5, 0.6) is 11.5 Å². The van der Waals surface area contributed by atoms with E-state index in [9.17, 15) is 4.79 Å². The van der Waals surface area contributed by atoms with Gasteiger partial charge in [-0.25, -0.2) is 4.79 Å². The number of aromatic carboxylic acids is 1. The molecule has 0 aliphatic heterocycles. The van der Waals surface area contributed by atoms with E-state index in [0.717, 1.165) is 5.56 Å². The average Bonchev–Trinajstić information content (AvgIpc) is 2.46. The lowest BCUT2D eigenvalue weighted by Gasteiger charge is -2.09. The number of aromatic nitrogens is 1. The fourth-order valence-corrected chi connectivity index (χ4v) is 1.69. The van der Waals surface area contributed by atoms with E-state index in [-0.39, 0.29) is 5.56 Å². The summed E-state index contributed by atoms with van der Waals surface area (Å²) >= 11 is 0. The van der Waals surface area contributed by atoms with E-state index in [4.69, 9.17) is 14.6 Å². The van der Waals surface area contributed by atoms with Gasteiger partial charge in [0.05, 0.1) is 25.5 Å². The van der Waals surface area contributed by atoms with Gasteiger partial charge in [0.2, 0.25) is 0 Å². The zero-order valence-corrected chi connectivity index (χ0v) is 10.6. The first kappa shape index (κ1) is 12.9. The molecular weight excluding hydrogens is 246 g/mol. The number of carbonyl (C=O) groups is 1. The minimum atomic E-state index is -0.994. The molecule has 0 radical (unpaired) electrons. The van der Waals surface area contributed by atoms with Gasteiger partial charge in [0.25, 0.3) is 0 Å². The van der Waals surface area contributed by atoms with Crippen molar-refractivity contribution in [3.05, 3.63) is 42.1 Å². The first-order valence-corrected chi connectivity index (χ1v) is 5.57. The highest BCUT2D eigenvalue weighted by Gasteiger charge is 2.08. The van der Waals surface area contributed by atoms with E-state index in [0.29, 0.717) is 17.2 Å². The number of ether oxygens (including phenoxy) is 2. The second-order valence-corrected chi connectivity index (χ2v) is 3.81. The lowest BCUT2D eigenvalue weighted by molar-refractivity contribution is 0.0696. The second kappa shape index (κ2) is 5.39. The average molecular weight is 259 g/mol. The molecule has 0 spiro atoms. The number of methoxy groups -OCH3 is 2. The Morgan fingerprint density at radius 2 is 1.84 bits per heavy atom. The third kappa shape index (κ3) is 2.65. The van der Waals surface area contributed by atoms with Gasteiger partial charge in [-0.1, -0.05) is 0 Å². The fourth-order valence-electron chi connectivity index (χ4n) is 1.69. The number of hydrogen-bond donors (Lipinski definition) is 1. The number of pyridine rings is 1. The number of carboxylic acid groups (broad SMARTS) is 1. The van der Waals surface area contributed by atoms with Crippen LogP contribution in [0, 0.1) is 0 Å². The van der Waals surface area contributed by atoms with Crippen molar-refractivity contribution < 1.29 is 19.4 Å². The quantitative estimate of drug-likeness (QED) is 0.913. The van der Waals surface area contributed by atoms with E-state index >= 15 is 0 Å². The summed E-state index contributed by atoms with van der Waals surface area (Å²) in [6, 6.07) is 8.58. The lowest BCUT2D eigenvalue weighted by Crippen LogP contribution is -1.97. The van der Waals surface area contributed by atoms with E-state index < -0.39 is 5.97 Å². The maximum absolute atomic E-state index is 10.8. The fraction of sp³-hybridized carbons (Fsp3) is 0.143. The van der Waals surface area contributed by atoms with E-state index in [1.807, 2.05) is 6.07 Å².